The fraction of sp³-hybridized carbons (Fsp3) is 0.467. The summed E-state index contributed by atoms with van der Waals surface area (Å²) in [6, 6.07) is 2.95. The average molecular weight is 312 g/mol. The maximum Gasteiger partial charge on any atom is 0.307 e. The van der Waals surface area contributed by atoms with Crippen molar-refractivity contribution in [3.63, 3.8) is 0 Å². The Morgan fingerprint density at radius 2 is 2.18 bits per heavy atom. The molecule has 2 rings (SSSR count). The normalized spacial score (nSPS) is 18.9. The minimum Gasteiger partial charge on any atom is -0.466 e. The first-order valence-electron chi connectivity index (χ1n) is 7.12. The van der Waals surface area contributed by atoms with Gasteiger partial charge in [-0.25, -0.2) is 8.78 Å². The molecule has 1 saturated heterocycles. The van der Waals surface area contributed by atoms with Gasteiger partial charge in [-0.05, 0) is 24.6 Å². The number of amides is 1. The van der Waals surface area contributed by atoms with Gasteiger partial charge >= 0.3 is 5.97 Å². The van der Waals surface area contributed by atoms with Crippen LogP contribution >= 0.6 is 0 Å². The number of hydrogen-bond acceptors (Lipinski definition) is 4. The van der Waals surface area contributed by atoms with Crippen molar-refractivity contribution in [2.75, 3.05) is 19.7 Å². The second-order valence-electron chi connectivity index (χ2n) is 5.03. The Balaban J connectivity index is 2.09. The minimum atomic E-state index is -0.930. The Morgan fingerprint density at radius 1 is 1.41 bits per heavy atom. The summed E-state index contributed by atoms with van der Waals surface area (Å²) in [5.41, 5.74) is 0.544. The third-order valence-electron chi connectivity index (χ3n) is 3.48. The number of nitrogens with one attached hydrogen (secondary N) is 1. The van der Waals surface area contributed by atoms with Crippen LogP contribution in [0.5, 0.6) is 0 Å². The molecule has 1 fully saturated rings. The van der Waals surface area contributed by atoms with E-state index in [2.05, 4.69) is 5.32 Å². The molecule has 1 N–H and O–H groups in total. The molecule has 0 saturated carbocycles. The first kappa shape index (κ1) is 16.4. The van der Waals surface area contributed by atoms with Crippen LogP contribution in [-0.2, 0) is 20.9 Å². The van der Waals surface area contributed by atoms with Gasteiger partial charge in [0, 0.05) is 19.6 Å². The summed E-state index contributed by atoms with van der Waals surface area (Å²) in [7, 11) is 0. The van der Waals surface area contributed by atoms with E-state index in [1.165, 1.54) is 6.07 Å². The van der Waals surface area contributed by atoms with E-state index < -0.39 is 23.6 Å². The van der Waals surface area contributed by atoms with E-state index in [1.54, 1.807) is 11.8 Å². The molecule has 0 unspecified atom stereocenters. The number of halogens is 2. The van der Waals surface area contributed by atoms with E-state index in [0.717, 1.165) is 12.1 Å². The van der Waals surface area contributed by atoms with Gasteiger partial charge in [0.05, 0.1) is 13.0 Å². The highest BCUT2D eigenvalue weighted by Gasteiger charge is 2.32. The average Bonchev–Trinajstić information content (AvgIpc) is 2.47. The van der Waals surface area contributed by atoms with Gasteiger partial charge < -0.3 is 10.1 Å². The van der Waals surface area contributed by atoms with Crippen LogP contribution in [0.25, 0.3) is 0 Å². The lowest BCUT2D eigenvalue weighted by molar-refractivity contribution is -0.148. The van der Waals surface area contributed by atoms with Crippen molar-refractivity contribution in [2.45, 2.75) is 25.9 Å². The number of rotatable bonds is 5. The molecule has 1 aliphatic heterocycles. The van der Waals surface area contributed by atoms with Crippen LogP contribution in [-0.4, -0.2) is 42.5 Å². The van der Waals surface area contributed by atoms with E-state index in [1.807, 2.05) is 0 Å². The predicted octanol–water partition coefficient (Wildman–Crippen LogP) is 1.22. The zero-order valence-electron chi connectivity index (χ0n) is 12.3. The summed E-state index contributed by atoms with van der Waals surface area (Å²) in [4.78, 5) is 25.3. The van der Waals surface area contributed by atoms with E-state index >= 15 is 0 Å². The molecule has 1 amide bonds. The fourth-order valence-electron chi connectivity index (χ4n) is 2.42. The number of piperazine rings is 1. The zero-order chi connectivity index (χ0) is 16.1. The van der Waals surface area contributed by atoms with Crippen molar-refractivity contribution >= 4 is 11.9 Å². The van der Waals surface area contributed by atoms with Gasteiger partial charge in [0.15, 0.2) is 11.6 Å². The summed E-state index contributed by atoms with van der Waals surface area (Å²) in [6.07, 6.45) is -0.0661. The van der Waals surface area contributed by atoms with Crippen LogP contribution in [0.1, 0.15) is 18.9 Å². The second kappa shape index (κ2) is 7.31. The molecule has 0 aromatic heterocycles. The molecule has 1 aromatic carbocycles. The number of nitrogens with zero attached hydrogens (tertiary/aromatic N) is 1. The molecule has 22 heavy (non-hydrogen) atoms. The Hall–Kier alpha value is -2.02. The van der Waals surface area contributed by atoms with Crippen molar-refractivity contribution in [2.24, 2.45) is 0 Å². The van der Waals surface area contributed by atoms with Crippen molar-refractivity contribution in [1.82, 2.24) is 10.2 Å². The van der Waals surface area contributed by atoms with Crippen LogP contribution in [0.2, 0.25) is 0 Å². The number of carbonyl (C=O) groups excluding carboxylic acids is 2. The van der Waals surface area contributed by atoms with Crippen molar-refractivity contribution < 1.29 is 23.1 Å². The highest BCUT2D eigenvalue weighted by molar-refractivity contribution is 5.87. The summed E-state index contributed by atoms with van der Waals surface area (Å²) < 4.78 is 31.1. The van der Waals surface area contributed by atoms with Gasteiger partial charge in [0.25, 0.3) is 0 Å². The second-order valence-corrected chi connectivity index (χ2v) is 5.03. The van der Waals surface area contributed by atoms with Crippen LogP contribution in [0.4, 0.5) is 8.78 Å². The molecule has 5 nitrogen and oxygen atoms in total. The maximum absolute atomic E-state index is 13.3. The van der Waals surface area contributed by atoms with Gasteiger partial charge in [0.2, 0.25) is 5.91 Å². The lowest BCUT2D eigenvalue weighted by Gasteiger charge is -2.34. The zero-order valence-corrected chi connectivity index (χ0v) is 12.3. The van der Waals surface area contributed by atoms with Gasteiger partial charge in [-0.15, -0.1) is 0 Å². The van der Waals surface area contributed by atoms with Crippen LogP contribution in [0.15, 0.2) is 18.2 Å². The molecular formula is C15H18F2N2O3. The minimum absolute atomic E-state index is 0.0661. The molecule has 0 radical (unpaired) electrons. The molecule has 0 bridgehead atoms. The highest BCUT2D eigenvalue weighted by atomic mass is 19.2. The Morgan fingerprint density at radius 3 is 2.86 bits per heavy atom. The third kappa shape index (κ3) is 4.00. The Labute approximate surface area is 127 Å². The summed E-state index contributed by atoms with van der Waals surface area (Å²) in [5.74, 6) is -2.56. The van der Waals surface area contributed by atoms with E-state index in [-0.39, 0.29) is 25.5 Å². The monoisotopic (exact) mass is 312 g/mol. The van der Waals surface area contributed by atoms with Gasteiger partial charge in [0.1, 0.15) is 6.04 Å². The fourth-order valence-corrected chi connectivity index (χ4v) is 2.42. The van der Waals surface area contributed by atoms with Gasteiger partial charge in [-0.2, -0.15) is 0 Å². The molecule has 0 spiro atoms. The van der Waals surface area contributed by atoms with E-state index in [9.17, 15) is 18.4 Å². The standard InChI is InChI=1S/C15H18F2N2O3/c1-2-22-14(20)8-13-15(21)18-5-6-19(13)9-10-3-4-11(16)12(17)7-10/h3-4,7,13H,2,5-6,8-9H2,1H3,(H,18,21)/t13-/m0/s1. The van der Waals surface area contributed by atoms with Gasteiger partial charge in [-0.1, -0.05) is 6.07 Å². The van der Waals surface area contributed by atoms with E-state index in [4.69, 9.17) is 4.74 Å². The predicted molar refractivity (Wildman–Crippen MR) is 74.8 cm³/mol. The smallest absolute Gasteiger partial charge is 0.307 e. The van der Waals surface area contributed by atoms with Crippen LogP contribution in [0.3, 0.4) is 0 Å². The molecule has 1 heterocycles. The first-order valence-corrected chi connectivity index (χ1v) is 7.12. The largest absolute Gasteiger partial charge is 0.466 e. The quantitative estimate of drug-likeness (QED) is 0.831. The number of esters is 1. The Bertz CT molecular complexity index is 566. The highest BCUT2D eigenvalue weighted by Crippen LogP contribution is 2.16. The van der Waals surface area contributed by atoms with Gasteiger partial charge in [-0.3, -0.25) is 14.5 Å². The number of carbonyl (C=O) groups is 2. The third-order valence-corrected chi connectivity index (χ3v) is 3.48. The molecular weight excluding hydrogens is 294 g/mol. The topological polar surface area (TPSA) is 58.6 Å². The molecule has 1 aromatic rings. The lowest BCUT2D eigenvalue weighted by Crippen LogP contribution is -2.55. The summed E-state index contributed by atoms with van der Waals surface area (Å²) in [5, 5.41) is 2.69. The Kier molecular flexibility index (Phi) is 5.43. The number of ether oxygens (including phenoxy) is 1. The van der Waals surface area contributed by atoms with Crippen molar-refractivity contribution in [3.8, 4) is 0 Å². The SMILES string of the molecule is CCOC(=O)C[C@H]1C(=O)NCCN1Cc1ccc(F)c(F)c1. The van der Waals surface area contributed by atoms with E-state index in [0.29, 0.717) is 18.7 Å². The first-order chi connectivity index (χ1) is 10.5. The number of hydrogen-bond donors (Lipinski definition) is 1. The van der Waals surface area contributed by atoms with Crippen molar-refractivity contribution in [1.29, 1.82) is 0 Å². The van der Waals surface area contributed by atoms with Crippen molar-refractivity contribution in [3.05, 3.63) is 35.4 Å². The molecule has 0 aliphatic carbocycles. The molecule has 120 valence electrons. The summed E-state index contributed by atoms with van der Waals surface area (Å²) in [6.45, 7) is 3.17. The van der Waals surface area contributed by atoms with Crippen LogP contribution < -0.4 is 5.32 Å². The molecule has 1 atom stereocenters. The molecule has 1 aliphatic rings. The molecule has 7 heteroatoms. The number of benzene rings is 1. The maximum atomic E-state index is 13.3. The van der Waals surface area contributed by atoms with Crippen LogP contribution in [0, 0.1) is 11.6 Å². The lowest BCUT2D eigenvalue weighted by atomic mass is 10.1. The summed E-state index contributed by atoms with van der Waals surface area (Å²) >= 11 is 0.